The third kappa shape index (κ3) is 3.05. The van der Waals surface area contributed by atoms with Crippen molar-refractivity contribution in [2.45, 2.75) is 25.3 Å². The number of anilines is 1. The number of likely N-dealkylation sites (tertiary alicyclic amines) is 1. The second-order valence-corrected chi connectivity index (χ2v) is 7.12. The molecule has 4 rings (SSSR count). The molecule has 0 saturated carbocycles. The lowest BCUT2D eigenvalue weighted by atomic mass is 9.98. The lowest BCUT2D eigenvalue weighted by molar-refractivity contribution is 0.0601. The fourth-order valence-electron chi connectivity index (χ4n) is 3.73. The quantitative estimate of drug-likeness (QED) is 0.778. The van der Waals surface area contributed by atoms with Crippen molar-refractivity contribution in [2.75, 3.05) is 25.5 Å². The third-order valence-electron chi connectivity index (χ3n) is 5.15. The average Bonchev–Trinajstić information content (AvgIpc) is 3.11. The lowest BCUT2D eigenvalue weighted by Gasteiger charge is -2.35. The minimum absolute atomic E-state index is 0.0112. The molecule has 1 amide bonds. The molecule has 3 heterocycles. The van der Waals surface area contributed by atoms with E-state index in [2.05, 4.69) is 28.2 Å². The summed E-state index contributed by atoms with van der Waals surface area (Å²) in [6.07, 6.45) is 4.86. The molecule has 1 saturated heterocycles. The van der Waals surface area contributed by atoms with Crippen LogP contribution in [0.1, 0.15) is 41.5 Å². The van der Waals surface area contributed by atoms with Crippen LogP contribution in [0.25, 0.3) is 10.9 Å². The average molecular weight is 348 g/mol. The van der Waals surface area contributed by atoms with Crippen LogP contribution < -0.4 is 4.90 Å². The number of piperidine rings is 1. The van der Waals surface area contributed by atoms with Crippen LogP contribution >= 0.6 is 0 Å². The number of amides is 1. The first-order chi connectivity index (χ1) is 12.6. The summed E-state index contributed by atoms with van der Waals surface area (Å²) < 4.78 is 0. The van der Waals surface area contributed by atoms with Gasteiger partial charge in [-0.1, -0.05) is 18.2 Å². The Labute approximate surface area is 153 Å². The topological polar surface area (TPSA) is 52.2 Å². The zero-order valence-corrected chi connectivity index (χ0v) is 15.3. The highest BCUT2D eigenvalue weighted by Crippen LogP contribution is 2.33. The number of aromatic nitrogens is 2. The van der Waals surface area contributed by atoms with Gasteiger partial charge in [-0.2, -0.15) is 0 Å². The van der Waals surface area contributed by atoms with Crippen LogP contribution in [0.4, 0.5) is 5.69 Å². The molecular weight excluding hydrogens is 324 g/mol. The first-order valence-corrected chi connectivity index (χ1v) is 9.15. The molecule has 26 heavy (non-hydrogen) atoms. The minimum atomic E-state index is 0.0112. The molecular formula is C21H24N4O. The molecule has 0 radical (unpaired) electrons. The van der Waals surface area contributed by atoms with Crippen molar-refractivity contribution in [3.05, 3.63) is 60.0 Å². The maximum atomic E-state index is 13.2. The van der Waals surface area contributed by atoms with Crippen LogP contribution in [0.15, 0.2) is 48.7 Å². The number of carbonyl (C=O) groups excluding carboxylic acids is 1. The molecule has 5 heteroatoms. The van der Waals surface area contributed by atoms with Gasteiger partial charge in [-0.05, 0) is 48.9 Å². The van der Waals surface area contributed by atoms with E-state index in [-0.39, 0.29) is 11.9 Å². The van der Waals surface area contributed by atoms with E-state index in [0.29, 0.717) is 5.69 Å². The highest BCUT2D eigenvalue weighted by atomic mass is 16.2. The Balaban J connectivity index is 1.66. The van der Waals surface area contributed by atoms with E-state index >= 15 is 0 Å². The summed E-state index contributed by atoms with van der Waals surface area (Å²) in [6.45, 7) is 0.771. The Bertz CT molecular complexity index is 897. The van der Waals surface area contributed by atoms with Gasteiger partial charge >= 0.3 is 0 Å². The van der Waals surface area contributed by atoms with Gasteiger partial charge in [0, 0.05) is 43.7 Å². The van der Waals surface area contributed by atoms with E-state index < -0.39 is 0 Å². The summed E-state index contributed by atoms with van der Waals surface area (Å²) in [5.41, 5.74) is 3.73. The van der Waals surface area contributed by atoms with E-state index in [1.165, 1.54) is 5.39 Å². The van der Waals surface area contributed by atoms with E-state index in [1.54, 1.807) is 6.20 Å². The predicted molar refractivity (Wildman–Crippen MR) is 104 cm³/mol. The fraction of sp³-hybridized carbons (Fsp3) is 0.333. The van der Waals surface area contributed by atoms with Gasteiger partial charge in [0.2, 0.25) is 0 Å². The normalized spacial score (nSPS) is 17.5. The molecule has 1 aliphatic heterocycles. The maximum absolute atomic E-state index is 13.2. The molecule has 1 atom stereocenters. The van der Waals surface area contributed by atoms with Crippen molar-refractivity contribution in [3.63, 3.8) is 0 Å². The van der Waals surface area contributed by atoms with Crippen molar-refractivity contribution in [2.24, 2.45) is 0 Å². The number of fused-ring (bicyclic) bond motifs is 1. The van der Waals surface area contributed by atoms with Crippen molar-refractivity contribution >= 4 is 22.5 Å². The number of nitrogens with one attached hydrogen (secondary N) is 1. The number of carbonyl (C=O) groups is 1. The van der Waals surface area contributed by atoms with Crippen LogP contribution in [0.5, 0.6) is 0 Å². The van der Waals surface area contributed by atoms with Crippen LogP contribution in [-0.4, -0.2) is 41.4 Å². The van der Waals surface area contributed by atoms with Gasteiger partial charge in [0.15, 0.2) is 0 Å². The van der Waals surface area contributed by atoms with E-state index in [9.17, 15) is 4.79 Å². The van der Waals surface area contributed by atoms with Gasteiger partial charge in [-0.15, -0.1) is 0 Å². The van der Waals surface area contributed by atoms with Crippen molar-refractivity contribution < 1.29 is 4.79 Å². The van der Waals surface area contributed by atoms with Crippen LogP contribution in [0.3, 0.4) is 0 Å². The molecule has 0 unspecified atom stereocenters. The molecule has 1 N–H and O–H groups in total. The summed E-state index contributed by atoms with van der Waals surface area (Å²) in [4.78, 5) is 25.0. The highest BCUT2D eigenvalue weighted by molar-refractivity contribution is 5.93. The Kier molecular flexibility index (Phi) is 4.37. The summed E-state index contributed by atoms with van der Waals surface area (Å²) in [7, 11) is 3.94. The number of H-pyrrole nitrogens is 1. The molecule has 134 valence electrons. The van der Waals surface area contributed by atoms with Gasteiger partial charge in [0.1, 0.15) is 5.69 Å². The Morgan fingerprint density at radius 1 is 1.19 bits per heavy atom. The van der Waals surface area contributed by atoms with E-state index in [1.807, 2.05) is 48.2 Å². The number of pyridine rings is 1. The van der Waals surface area contributed by atoms with Gasteiger partial charge in [-0.25, -0.2) is 0 Å². The molecule has 0 bridgehead atoms. The summed E-state index contributed by atoms with van der Waals surface area (Å²) in [5.74, 6) is 0.0112. The standard InChI is InChI=1S/C21H24N4O/c1-24(2)16-10-11-22-19(14-16)21(26)25-12-6-5-9-20(25)18-13-15-7-3-4-8-17(15)23-18/h3-4,7-8,10-11,13-14,20,23H,5-6,9,12H2,1-2H3/t20-/m1/s1. The molecule has 1 fully saturated rings. The van der Waals surface area contributed by atoms with Gasteiger partial charge in [0.25, 0.3) is 5.91 Å². The number of rotatable bonds is 3. The van der Waals surface area contributed by atoms with Crippen LogP contribution in [0, 0.1) is 0 Å². The first-order valence-electron chi connectivity index (χ1n) is 9.15. The fourth-order valence-corrected chi connectivity index (χ4v) is 3.73. The van der Waals surface area contributed by atoms with Crippen LogP contribution in [-0.2, 0) is 0 Å². The molecule has 1 aromatic carbocycles. The highest BCUT2D eigenvalue weighted by Gasteiger charge is 2.30. The molecule has 0 aliphatic carbocycles. The SMILES string of the molecule is CN(C)c1ccnc(C(=O)N2CCCC[C@@H]2c2cc3ccccc3[nH]2)c1. The van der Waals surface area contributed by atoms with Crippen molar-refractivity contribution in [3.8, 4) is 0 Å². The minimum Gasteiger partial charge on any atom is -0.378 e. The monoisotopic (exact) mass is 348 g/mol. The number of hydrogen-bond donors (Lipinski definition) is 1. The number of para-hydroxylation sites is 1. The van der Waals surface area contributed by atoms with Crippen LogP contribution in [0.2, 0.25) is 0 Å². The van der Waals surface area contributed by atoms with E-state index in [0.717, 1.165) is 42.7 Å². The summed E-state index contributed by atoms with van der Waals surface area (Å²) in [6, 6.07) is 14.3. The number of nitrogens with zero attached hydrogens (tertiary/aromatic N) is 3. The van der Waals surface area contributed by atoms with Crippen molar-refractivity contribution in [1.82, 2.24) is 14.9 Å². The molecule has 3 aromatic rings. The van der Waals surface area contributed by atoms with Gasteiger partial charge < -0.3 is 14.8 Å². The summed E-state index contributed by atoms with van der Waals surface area (Å²) >= 11 is 0. The Morgan fingerprint density at radius 2 is 2.04 bits per heavy atom. The Morgan fingerprint density at radius 3 is 2.85 bits per heavy atom. The zero-order chi connectivity index (χ0) is 18.1. The van der Waals surface area contributed by atoms with E-state index in [4.69, 9.17) is 0 Å². The largest absolute Gasteiger partial charge is 0.378 e. The second kappa shape index (κ2) is 6.83. The number of benzene rings is 1. The maximum Gasteiger partial charge on any atom is 0.273 e. The number of hydrogen-bond acceptors (Lipinski definition) is 3. The van der Waals surface area contributed by atoms with Crippen molar-refractivity contribution in [1.29, 1.82) is 0 Å². The van der Waals surface area contributed by atoms with Gasteiger partial charge in [0.05, 0.1) is 6.04 Å². The third-order valence-corrected chi connectivity index (χ3v) is 5.15. The smallest absolute Gasteiger partial charge is 0.273 e. The lowest BCUT2D eigenvalue weighted by Crippen LogP contribution is -2.39. The molecule has 5 nitrogen and oxygen atoms in total. The molecule has 2 aromatic heterocycles. The zero-order valence-electron chi connectivity index (χ0n) is 15.3. The molecule has 0 spiro atoms. The first kappa shape index (κ1) is 16.6. The Hall–Kier alpha value is -2.82. The second-order valence-electron chi connectivity index (χ2n) is 7.12. The van der Waals surface area contributed by atoms with Gasteiger partial charge in [-0.3, -0.25) is 9.78 Å². The molecule has 1 aliphatic rings. The summed E-state index contributed by atoms with van der Waals surface area (Å²) in [5, 5.41) is 1.19. The predicted octanol–water partition coefficient (Wildman–Crippen LogP) is 4.00. The number of aromatic amines is 1.